The smallest absolute Gasteiger partial charge is 0.283 e. The number of nitrogens with one attached hydrogen (secondary N) is 1. The normalized spacial score (nSPS) is 20.0. The van der Waals surface area contributed by atoms with Gasteiger partial charge in [-0.25, -0.2) is 0 Å². The number of halogens is 1. The summed E-state index contributed by atoms with van der Waals surface area (Å²) in [4.78, 5) is 19.1. The van der Waals surface area contributed by atoms with E-state index in [1.54, 1.807) is 6.08 Å². The highest BCUT2D eigenvalue weighted by molar-refractivity contribution is 8.26. The van der Waals surface area contributed by atoms with Crippen LogP contribution in [0.5, 0.6) is 0 Å². The van der Waals surface area contributed by atoms with Crippen LogP contribution in [0.1, 0.15) is 17.0 Å². The number of ether oxygens (including phenoxy) is 1. The van der Waals surface area contributed by atoms with Gasteiger partial charge in [0.1, 0.15) is 0 Å². The van der Waals surface area contributed by atoms with Gasteiger partial charge in [-0.2, -0.15) is 10.0 Å². The van der Waals surface area contributed by atoms with Crippen LogP contribution in [-0.4, -0.2) is 62.9 Å². The minimum absolute atomic E-state index is 0.0262. The van der Waals surface area contributed by atoms with Crippen molar-refractivity contribution >= 4 is 51.5 Å². The highest BCUT2D eigenvalue weighted by Crippen LogP contribution is 2.32. The molecule has 164 valence electrons. The highest BCUT2D eigenvalue weighted by atomic mass is 35.5. The molecule has 0 atom stereocenters. The number of benzene rings is 1. The molecule has 0 unspecified atom stereocenters. The number of aromatic nitrogens is 1. The summed E-state index contributed by atoms with van der Waals surface area (Å²) in [5.41, 5.74) is 3.81. The Bertz CT molecular complexity index is 1230. The van der Waals surface area contributed by atoms with Gasteiger partial charge in [-0.15, -0.1) is 5.10 Å². The summed E-state index contributed by atoms with van der Waals surface area (Å²) in [7, 11) is 0. The molecular formula is C22H21ClN6O2S. The fourth-order valence-corrected chi connectivity index (χ4v) is 5.12. The summed E-state index contributed by atoms with van der Waals surface area (Å²) in [6.07, 6.45) is 1.72. The summed E-state index contributed by atoms with van der Waals surface area (Å²) in [6, 6.07) is 9.60. The molecule has 10 heteroatoms. The second-order valence-electron chi connectivity index (χ2n) is 7.62. The number of hydrazone groups is 1. The van der Waals surface area contributed by atoms with Gasteiger partial charge in [-0.05, 0) is 55.4 Å². The van der Waals surface area contributed by atoms with Crippen LogP contribution in [0.4, 0.5) is 0 Å². The molecule has 1 N–H and O–H groups in total. The molecule has 0 spiro atoms. The molecular weight excluding hydrogens is 448 g/mol. The number of nitrogens with zero attached hydrogens (tertiary/aromatic N) is 5. The second-order valence-corrected chi connectivity index (χ2v) is 8.96. The molecule has 1 amide bonds. The quantitative estimate of drug-likeness (QED) is 0.680. The predicted octanol–water partition coefficient (Wildman–Crippen LogP) is 3.66. The highest BCUT2D eigenvalue weighted by Gasteiger charge is 2.37. The number of amidine groups is 3. The van der Waals surface area contributed by atoms with E-state index in [9.17, 15) is 4.79 Å². The maximum atomic E-state index is 12.8. The maximum absolute atomic E-state index is 12.8. The summed E-state index contributed by atoms with van der Waals surface area (Å²) >= 11 is 7.73. The molecule has 8 nitrogen and oxygen atoms in total. The van der Waals surface area contributed by atoms with E-state index in [1.165, 1.54) is 16.8 Å². The third-order valence-electron chi connectivity index (χ3n) is 5.59. The van der Waals surface area contributed by atoms with E-state index in [4.69, 9.17) is 21.7 Å². The average Bonchev–Trinajstić information content (AvgIpc) is 3.33. The molecule has 5 rings (SSSR count). The van der Waals surface area contributed by atoms with Crippen molar-refractivity contribution in [1.29, 1.82) is 5.41 Å². The number of fused-ring (bicyclic) bond motifs is 1. The molecule has 0 bridgehead atoms. The first-order valence-electron chi connectivity index (χ1n) is 10.2. The Balaban J connectivity index is 1.49. The number of carbonyl (C=O) groups excluding carboxylic acids is 1. The van der Waals surface area contributed by atoms with Crippen molar-refractivity contribution in [2.75, 3.05) is 26.3 Å². The van der Waals surface area contributed by atoms with E-state index >= 15 is 0 Å². The molecule has 1 fully saturated rings. The van der Waals surface area contributed by atoms with Crippen LogP contribution in [0, 0.1) is 19.3 Å². The van der Waals surface area contributed by atoms with Crippen LogP contribution < -0.4 is 0 Å². The Morgan fingerprint density at radius 3 is 2.69 bits per heavy atom. The van der Waals surface area contributed by atoms with Crippen molar-refractivity contribution in [3.63, 3.8) is 0 Å². The number of aryl methyl sites for hydroxylation is 1. The molecule has 2 aromatic rings. The number of hydrogen-bond donors (Lipinski definition) is 1. The molecule has 1 aromatic heterocycles. The standard InChI is InChI=1S/C22H21ClN6O2S/c1-13-11-15(14(2)28(13)18-6-4-3-5-17(18)23)12-16-19(24)29-21(25-20(16)30)32-22(26-29)27-7-9-31-10-8-27/h3-6,11-12,24H,7-10H2,1-2H3/b16-12-,24-19?. The lowest BCUT2D eigenvalue weighted by Gasteiger charge is -2.26. The SMILES string of the molecule is Cc1cc(/C=C2/C(=N)N3N=C(N4CCOCC4)SC3=NC2=O)c(C)n1-c1ccccc1Cl. The average molecular weight is 469 g/mol. The molecule has 1 saturated heterocycles. The Kier molecular flexibility index (Phi) is 5.40. The van der Waals surface area contributed by atoms with E-state index < -0.39 is 5.91 Å². The van der Waals surface area contributed by atoms with Crippen LogP contribution in [0.2, 0.25) is 5.02 Å². The number of morpholine rings is 1. The topological polar surface area (TPSA) is 86.3 Å². The first kappa shape index (κ1) is 21.0. The number of amides is 1. The van der Waals surface area contributed by atoms with Gasteiger partial charge in [0.25, 0.3) is 5.91 Å². The van der Waals surface area contributed by atoms with E-state index in [2.05, 4.69) is 15.0 Å². The summed E-state index contributed by atoms with van der Waals surface area (Å²) in [5.74, 6) is -0.409. The largest absolute Gasteiger partial charge is 0.378 e. The van der Waals surface area contributed by atoms with E-state index in [1.807, 2.05) is 48.7 Å². The Morgan fingerprint density at radius 2 is 1.94 bits per heavy atom. The fourth-order valence-electron chi connectivity index (χ4n) is 3.96. The number of hydrogen-bond acceptors (Lipinski definition) is 6. The monoisotopic (exact) mass is 468 g/mol. The zero-order valence-corrected chi connectivity index (χ0v) is 19.2. The van der Waals surface area contributed by atoms with Crippen molar-refractivity contribution in [2.45, 2.75) is 13.8 Å². The molecule has 0 aliphatic carbocycles. The minimum Gasteiger partial charge on any atom is -0.378 e. The van der Waals surface area contributed by atoms with Crippen LogP contribution in [0.3, 0.4) is 0 Å². The van der Waals surface area contributed by atoms with Gasteiger partial charge in [0, 0.05) is 24.5 Å². The number of para-hydroxylation sites is 1. The molecule has 4 heterocycles. The van der Waals surface area contributed by atoms with Gasteiger partial charge >= 0.3 is 0 Å². The number of rotatable bonds is 2. The summed E-state index contributed by atoms with van der Waals surface area (Å²) in [5, 5.41) is 16.4. The minimum atomic E-state index is -0.435. The third kappa shape index (κ3) is 3.56. The van der Waals surface area contributed by atoms with Crippen LogP contribution in [-0.2, 0) is 9.53 Å². The zero-order valence-electron chi connectivity index (χ0n) is 17.6. The molecule has 3 aliphatic heterocycles. The van der Waals surface area contributed by atoms with E-state index in [0.717, 1.165) is 40.9 Å². The fraction of sp³-hybridized carbons (Fsp3) is 0.273. The van der Waals surface area contributed by atoms with Gasteiger partial charge in [0.2, 0.25) is 5.17 Å². The van der Waals surface area contributed by atoms with Crippen LogP contribution in [0.15, 0.2) is 46.0 Å². The second kappa shape index (κ2) is 8.23. The first-order valence-corrected chi connectivity index (χ1v) is 11.4. The lowest BCUT2D eigenvalue weighted by Crippen LogP contribution is -2.39. The molecule has 1 aromatic carbocycles. The Morgan fingerprint density at radius 1 is 1.19 bits per heavy atom. The molecule has 0 saturated carbocycles. The van der Waals surface area contributed by atoms with Crippen molar-refractivity contribution in [1.82, 2.24) is 14.5 Å². The van der Waals surface area contributed by atoms with E-state index in [-0.39, 0.29) is 11.4 Å². The van der Waals surface area contributed by atoms with Crippen LogP contribution >= 0.6 is 23.4 Å². The van der Waals surface area contributed by atoms with Crippen molar-refractivity contribution < 1.29 is 9.53 Å². The lowest BCUT2D eigenvalue weighted by molar-refractivity contribution is -0.114. The number of carbonyl (C=O) groups is 1. The van der Waals surface area contributed by atoms with Gasteiger partial charge in [-0.3, -0.25) is 10.2 Å². The first-order chi connectivity index (χ1) is 15.4. The third-order valence-corrected chi connectivity index (χ3v) is 6.88. The van der Waals surface area contributed by atoms with Gasteiger partial charge in [0.05, 0.1) is 29.5 Å². The maximum Gasteiger partial charge on any atom is 0.283 e. The number of aliphatic imine (C=N–C) groups is 1. The lowest BCUT2D eigenvalue weighted by atomic mass is 10.1. The van der Waals surface area contributed by atoms with Crippen LogP contribution in [0.25, 0.3) is 11.8 Å². The summed E-state index contributed by atoms with van der Waals surface area (Å²) < 4.78 is 7.44. The molecule has 0 radical (unpaired) electrons. The summed E-state index contributed by atoms with van der Waals surface area (Å²) in [6.45, 7) is 6.67. The predicted molar refractivity (Wildman–Crippen MR) is 128 cm³/mol. The van der Waals surface area contributed by atoms with Crippen molar-refractivity contribution in [2.24, 2.45) is 10.1 Å². The van der Waals surface area contributed by atoms with Gasteiger partial charge in [0.15, 0.2) is 11.0 Å². The molecule has 3 aliphatic rings. The van der Waals surface area contributed by atoms with Gasteiger partial charge < -0.3 is 14.2 Å². The Labute approximate surface area is 194 Å². The Hall–Kier alpha value is -2.88. The van der Waals surface area contributed by atoms with Crippen molar-refractivity contribution in [3.8, 4) is 5.69 Å². The van der Waals surface area contributed by atoms with Crippen molar-refractivity contribution in [3.05, 3.63) is 57.9 Å². The van der Waals surface area contributed by atoms with E-state index in [0.29, 0.717) is 23.4 Å². The zero-order chi connectivity index (χ0) is 22.4. The van der Waals surface area contributed by atoms with Gasteiger partial charge in [-0.1, -0.05) is 23.7 Å². The number of thioether (sulfide) groups is 1. The molecule has 32 heavy (non-hydrogen) atoms.